The first-order valence-electron chi connectivity index (χ1n) is 8.05. The maximum Gasteiger partial charge on any atom is 0.243 e. The number of hydrogen-bond acceptors (Lipinski definition) is 6. The van der Waals surface area contributed by atoms with E-state index >= 15 is 0 Å². The predicted octanol–water partition coefficient (Wildman–Crippen LogP) is 3.87. The molecule has 134 valence electrons. The van der Waals surface area contributed by atoms with Crippen LogP contribution in [0.1, 0.15) is 18.5 Å². The Hall–Kier alpha value is -3.22. The highest BCUT2D eigenvalue weighted by molar-refractivity contribution is 5.60. The SMILES string of the molecule is COc1cccc([C@@H](C)Nc2nncc(-c3ccc(OC)c(F)c3)n2)c1. The molecule has 0 aliphatic heterocycles. The van der Waals surface area contributed by atoms with Crippen LogP contribution < -0.4 is 14.8 Å². The summed E-state index contributed by atoms with van der Waals surface area (Å²) in [6, 6.07) is 12.3. The summed E-state index contributed by atoms with van der Waals surface area (Å²) in [6.07, 6.45) is 1.49. The van der Waals surface area contributed by atoms with Crippen molar-refractivity contribution < 1.29 is 13.9 Å². The van der Waals surface area contributed by atoms with Crippen LogP contribution in [0.4, 0.5) is 10.3 Å². The first-order chi connectivity index (χ1) is 12.6. The molecular formula is C19H19FN4O2. The van der Waals surface area contributed by atoms with E-state index < -0.39 is 5.82 Å². The third kappa shape index (κ3) is 3.88. The van der Waals surface area contributed by atoms with Gasteiger partial charge in [-0.3, -0.25) is 0 Å². The molecule has 6 nitrogen and oxygen atoms in total. The molecule has 7 heteroatoms. The van der Waals surface area contributed by atoms with E-state index in [2.05, 4.69) is 20.5 Å². The number of anilines is 1. The predicted molar refractivity (Wildman–Crippen MR) is 96.8 cm³/mol. The Kier molecular flexibility index (Phi) is 5.26. The minimum absolute atomic E-state index is 0.0604. The van der Waals surface area contributed by atoms with Crippen molar-refractivity contribution in [3.63, 3.8) is 0 Å². The van der Waals surface area contributed by atoms with Gasteiger partial charge in [0.25, 0.3) is 0 Å². The number of ether oxygens (including phenoxy) is 2. The molecule has 0 fully saturated rings. The first-order valence-corrected chi connectivity index (χ1v) is 8.05. The van der Waals surface area contributed by atoms with Crippen molar-refractivity contribution in [3.05, 3.63) is 60.0 Å². The summed E-state index contributed by atoms with van der Waals surface area (Å²) in [6.45, 7) is 1.98. The minimum atomic E-state index is -0.456. The molecule has 26 heavy (non-hydrogen) atoms. The smallest absolute Gasteiger partial charge is 0.243 e. The molecule has 0 saturated carbocycles. The number of methoxy groups -OCH3 is 2. The van der Waals surface area contributed by atoms with Crippen LogP contribution in [0.25, 0.3) is 11.3 Å². The van der Waals surface area contributed by atoms with Crippen LogP contribution in [0.5, 0.6) is 11.5 Å². The van der Waals surface area contributed by atoms with E-state index in [1.54, 1.807) is 19.2 Å². The lowest BCUT2D eigenvalue weighted by Gasteiger charge is -2.15. The second-order valence-electron chi connectivity index (χ2n) is 5.66. The molecule has 0 unspecified atom stereocenters. The van der Waals surface area contributed by atoms with Gasteiger partial charge in [0, 0.05) is 5.56 Å². The Labute approximate surface area is 151 Å². The standard InChI is InChI=1S/C19H19FN4O2/c1-12(13-5-4-6-15(9-13)25-2)22-19-23-17(11-21-24-19)14-7-8-18(26-3)16(20)10-14/h4-12H,1-3H3,(H,22,23,24)/t12-/m1/s1. The molecule has 0 saturated heterocycles. The summed E-state index contributed by atoms with van der Waals surface area (Å²) in [5, 5.41) is 11.2. The Bertz CT molecular complexity index is 904. The van der Waals surface area contributed by atoms with Gasteiger partial charge >= 0.3 is 0 Å². The highest BCUT2D eigenvalue weighted by atomic mass is 19.1. The van der Waals surface area contributed by atoms with Crippen molar-refractivity contribution in [2.24, 2.45) is 0 Å². The van der Waals surface area contributed by atoms with Crippen LogP contribution in [0, 0.1) is 5.82 Å². The zero-order valence-corrected chi connectivity index (χ0v) is 14.7. The maximum absolute atomic E-state index is 13.9. The van der Waals surface area contributed by atoms with Crippen LogP contribution in [0.2, 0.25) is 0 Å². The van der Waals surface area contributed by atoms with Crippen LogP contribution in [0.15, 0.2) is 48.7 Å². The highest BCUT2D eigenvalue weighted by Gasteiger charge is 2.11. The van der Waals surface area contributed by atoms with Crippen molar-refractivity contribution in [2.75, 3.05) is 19.5 Å². The third-order valence-electron chi connectivity index (χ3n) is 3.95. The Morgan fingerprint density at radius 1 is 1.08 bits per heavy atom. The van der Waals surface area contributed by atoms with Crippen LogP contribution in [-0.2, 0) is 0 Å². The number of nitrogens with zero attached hydrogens (tertiary/aromatic N) is 3. The van der Waals surface area contributed by atoms with E-state index in [-0.39, 0.29) is 11.8 Å². The lowest BCUT2D eigenvalue weighted by molar-refractivity contribution is 0.386. The van der Waals surface area contributed by atoms with Gasteiger partial charge in [0.05, 0.1) is 32.2 Å². The lowest BCUT2D eigenvalue weighted by atomic mass is 10.1. The molecule has 3 aromatic rings. The van der Waals surface area contributed by atoms with Crippen molar-refractivity contribution in [3.8, 4) is 22.8 Å². The van der Waals surface area contributed by atoms with Gasteiger partial charge in [-0.15, -0.1) is 5.10 Å². The average Bonchev–Trinajstić information content (AvgIpc) is 2.68. The van der Waals surface area contributed by atoms with Gasteiger partial charge in [0.1, 0.15) is 5.75 Å². The molecule has 0 radical (unpaired) electrons. The zero-order chi connectivity index (χ0) is 18.5. The quantitative estimate of drug-likeness (QED) is 0.725. The summed E-state index contributed by atoms with van der Waals surface area (Å²) in [7, 11) is 3.05. The van der Waals surface area contributed by atoms with Crippen molar-refractivity contribution in [1.29, 1.82) is 0 Å². The first kappa shape index (κ1) is 17.6. The molecule has 0 aliphatic carbocycles. The summed E-state index contributed by atoms with van der Waals surface area (Å²) < 4.78 is 24.1. The van der Waals surface area contributed by atoms with Crippen molar-refractivity contribution in [2.45, 2.75) is 13.0 Å². The maximum atomic E-state index is 13.9. The van der Waals surface area contributed by atoms with Crippen LogP contribution in [0.3, 0.4) is 0 Å². The van der Waals surface area contributed by atoms with Crippen molar-refractivity contribution >= 4 is 5.95 Å². The molecule has 3 rings (SSSR count). The highest BCUT2D eigenvalue weighted by Crippen LogP contribution is 2.25. The molecule has 0 spiro atoms. The molecular weight excluding hydrogens is 335 g/mol. The third-order valence-corrected chi connectivity index (χ3v) is 3.95. The van der Waals surface area contributed by atoms with Gasteiger partial charge in [0.15, 0.2) is 11.6 Å². The summed E-state index contributed by atoms with van der Waals surface area (Å²) in [5.41, 5.74) is 2.13. The van der Waals surface area contributed by atoms with Crippen LogP contribution in [-0.4, -0.2) is 29.4 Å². The van der Waals surface area contributed by atoms with E-state index in [0.29, 0.717) is 17.2 Å². The molecule has 1 N–H and O–H groups in total. The van der Waals surface area contributed by atoms with Crippen molar-refractivity contribution in [1.82, 2.24) is 15.2 Å². The molecule has 2 aromatic carbocycles. The largest absolute Gasteiger partial charge is 0.497 e. The van der Waals surface area contributed by atoms with Crippen LogP contribution >= 0.6 is 0 Å². The average molecular weight is 354 g/mol. The molecule has 1 aromatic heterocycles. The lowest BCUT2D eigenvalue weighted by Crippen LogP contribution is -2.10. The van der Waals surface area contributed by atoms with E-state index in [1.165, 1.54) is 19.4 Å². The fourth-order valence-corrected chi connectivity index (χ4v) is 2.52. The number of halogens is 1. The van der Waals surface area contributed by atoms with Gasteiger partial charge < -0.3 is 14.8 Å². The fraction of sp³-hybridized carbons (Fsp3) is 0.211. The Balaban J connectivity index is 1.81. The normalized spacial score (nSPS) is 11.7. The van der Waals surface area contributed by atoms with E-state index in [0.717, 1.165) is 11.3 Å². The van der Waals surface area contributed by atoms with Gasteiger partial charge in [-0.1, -0.05) is 12.1 Å². The number of hydrogen-bond donors (Lipinski definition) is 1. The zero-order valence-electron chi connectivity index (χ0n) is 14.7. The minimum Gasteiger partial charge on any atom is -0.497 e. The molecule has 1 atom stereocenters. The fourth-order valence-electron chi connectivity index (χ4n) is 2.52. The monoisotopic (exact) mass is 354 g/mol. The molecule has 0 aliphatic rings. The van der Waals surface area contributed by atoms with Gasteiger partial charge in [-0.25, -0.2) is 9.37 Å². The topological polar surface area (TPSA) is 69.2 Å². The number of benzene rings is 2. The van der Waals surface area contributed by atoms with E-state index in [4.69, 9.17) is 9.47 Å². The number of aromatic nitrogens is 3. The van der Waals surface area contributed by atoms with E-state index in [9.17, 15) is 4.39 Å². The second kappa shape index (κ2) is 7.77. The molecule has 1 heterocycles. The number of nitrogens with one attached hydrogen (secondary N) is 1. The summed E-state index contributed by atoms with van der Waals surface area (Å²) in [4.78, 5) is 4.42. The van der Waals surface area contributed by atoms with Gasteiger partial charge in [0.2, 0.25) is 5.95 Å². The Morgan fingerprint density at radius 2 is 1.92 bits per heavy atom. The second-order valence-corrected chi connectivity index (χ2v) is 5.66. The van der Waals surface area contributed by atoms with E-state index in [1.807, 2.05) is 31.2 Å². The Morgan fingerprint density at radius 3 is 2.65 bits per heavy atom. The molecule has 0 amide bonds. The molecule has 0 bridgehead atoms. The number of rotatable bonds is 6. The van der Waals surface area contributed by atoms with Gasteiger partial charge in [-0.05, 0) is 42.8 Å². The van der Waals surface area contributed by atoms with Gasteiger partial charge in [-0.2, -0.15) is 5.10 Å². The summed E-state index contributed by atoms with van der Waals surface area (Å²) in [5.74, 6) is 0.857. The summed E-state index contributed by atoms with van der Waals surface area (Å²) >= 11 is 0.